The Morgan fingerprint density at radius 1 is 1.10 bits per heavy atom. The molecule has 0 spiro atoms. The van der Waals surface area contributed by atoms with Crippen LogP contribution in [0.3, 0.4) is 0 Å². The van der Waals surface area contributed by atoms with Crippen molar-refractivity contribution in [3.8, 4) is 17.2 Å². The van der Waals surface area contributed by atoms with Gasteiger partial charge in [0.05, 0.1) is 7.11 Å². The van der Waals surface area contributed by atoms with E-state index in [9.17, 15) is 0 Å². The van der Waals surface area contributed by atoms with Gasteiger partial charge in [-0.15, -0.1) is 0 Å². The van der Waals surface area contributed by atoms with Gasteiger partial charge in [-0.1, -0.05) is 39.3 Å². The summed E-state index contributed by atoms with van der Waals surface area (Å²) >= 11 is 3.40. The third-order valence-electron chi connectivity index (χ3n) is 3.10. The predicted octanol–water partition coefficient (Wildman–Crippen LogP) is 4.10. The van der Waals surface area contributed by atoms with E-state index in [0.29, 0.717) is 18.1 Å². The number of nitrogens with zero attached hydrogens (tertiary/aromatic N) is 2. The Labute approximate surface area is 130 Å². The van der Waals surface area contributed by atoms with Crippen molar-refractivity contribution in [2.45, 2.75) is 6.42 Å². The normalized spacial score (nSPS) is 10.6. The van der Waals surface area contributed by atoms with Gasteiger partial charge in [0.25, 0.3) is 5.89 Å². The zero-order chi connectivity index (χ0) is 14.7. The van der Waals surface area contributed by atoms with Crippen LogP contribution in [0.2, 0.25) is 0 Å². The number of rotatable bonds is 4. The minimum atomic E-state index is 0.521. The van der Waals surface area contributed by atoms with Crippen molar-refractivity contribution in [1.29, 1.82) is 0 Å². The van der Waals surface area contributed by atoms with Gasteiger partial charge in [-0.05, 0) is 30.3 Å². The third-order valence-corrected chi connectivity index (χ3v) is 3.63. The average Bonchev–Trinajstić information content (AvgIpc) is 2.97. The van der Waals surface area contributed by atoms with Gasteiger partial charge >= 0.3 is 0 Å². The molecule has 3 aromatic rings. The van der Waals surface area contributed by atoms with Crippen molar-refractivity contribution >= 4 is 15.9 Å². The quantitative estimate of drug-likeness (QED) is 0.714. The lowest BCUT2D eigenvalue weighted by atomic mass is 10.1. The SMILES string of the molecule is COc1ccccc1Cc1noc(-c2ccc(Br)cc2)n1. The van der Waals surface area contributed by atoms with E-state index in [4.69, 9.17) is 9.26 Å². The lowest BCUT2D eigenvalue weighted by molar-refractivity contribution is 0.408. The van der Waals surface area contributed by atoms with Crippen LogP contribution in [0.25, 0.3) is 11.5 Å². The number of benzene rings is 2. The summed E-state index contributed by atoms with van der Waals surface area (Å²) in [5.41, 5.74) is 1.93. The molecule has 0 fully saturated rings. The van der Waals surface area contributed by atoms with Gasteiger partial charge in [-0.2, -0.15) is 4.98 Å². The van der Waals surface area contributed by atoms with Crippen molar-refractivity contribution < 1.29 is 9.26 Å². The zero-order valence-electron chi connectivity index (χ0n) is 11.4. The summed E-state index contributed by atoms with van der Waals surface area (Å²) in [5, 5.41) is 4.03. The van der Waals surface area contributed by atoms with E-state index in [0.717, 1.165) is 21.3 Å². The second-order valence-electron chi connectivity index (χ2n) is 4.51. The summed E-state index contributed by atoms with van der Waals surface area (Å²) in [6.07, 6.45) is 0.573. The third kappa shape index (κ3) is 3.13. The molecule has 0 aliphatic heterocycles. The summed E-state index contributed by atoms with van der Waals surface area (Å²) in [4.78, 5) is 4.43. The van der Waals surface area contributed by atoms with Crippen LogP contribution in [0.15, 0.2) is 57.5 Å². The first-order valence-electron chi connectivity index (χ1n) is 6.46. The van der Waals surface area contributed by atoms with Crippen LogP contribution in [0.5, 0.6) is 5.75 Å². The van der Waals surface area contributed by atoms with Crippen molar-refractivity contribution in [2.75, 3.05) is 7.11 Å². The molecule has 3 rings (SSSR count). The average molecular weight is 345 g/mol. The van der Waals surface area contributed by atoms with Crippen LogP contribution in [0.4, 0.5) is 0 Å². The van der Waals surface area contributed by atoms with Crippen molar-refractivity contribution in [2.24, 2.45) is 0 Å². The van der Waals surface area contributed by atoms with Crippen LogP contribution in [-0.4, -0.2) is 17.3 Å². The maximum Gasteiger partial charge on any atom is 0.257 e. The summed E-state index contributed by atoms with van der Waals surface area (Å²) in [6.45, 7) is 0. The Hall–Kier alpha value is -2.14. The van der Waals surface area contributed by atoms with Gasteiger partial charge in [0, 0.05) is 22.0 Å². The summed E-state index contributed by atoms with van der Waals surface area (Å²) in [6, 6.07) is 15.6. The highest BCUT2D eigenvalue weighted by molar-refractivity contribution is 9.10. The molecule has 1 heterocycles. The molecule has 21 heavy (non-hydrogen) atoms. The van der Waals surface area contributed by atoms with Gasteiger partial charge < -0.3 is 9.26 Å². The first kappa shape index (κ1) is 13.8. The smallest absolute Gasteiger partial charge is 0.257 e. The molecule has 0 bridgehead atoms. The minimum Gasteiger partial charge on any atom is -0.496 e. The van der Waals surface area contributed by atoms with Gasteiger partial charge in [0.15, 0.2) is 5.82 Å². The number of hydrogen-bond acceptors (Lipinski definition) is 4. The standard InChI is InChI=1S/C16H13BrN2O2/c1-20-14-5-3-2-4-12(14)10-15-18-16(21-19-15)11-6-8-13(17)9-7-11/h2-9H,10H2,1H3. The molecule has 0 unspecified atom stereocenters. The first-order chi connectivity index (χ1) is 10.3. The first-order valence-corrected chi connectivity index (χ1v) is 7.26. The van der Waals surface area contributed by atoms with Gasteiger partial charge in [0.1, 0.15) is 5.75 Å². The highest BCUT2D eigenvalue weighted by Gasteiger charge is 2.11. The Balaban J connectivity index is 1.83. The molecule has 4 nitrogen and oxygen atoms in total. The Bertz CT molecular complexity index is 738. The highest BCUT2D eigenvalue weighted by Crippen LogP contribution is 2.23. The monoisotopic (exact) mass is 344 g/mol. The van der Waals surface area contributed by atoms with Crippen LogP contribution in [0.1, 0.15) is 11.4 Å². The van der Waals surface area contributed by atoms with E-state index in [1.165, 1.54) is 0 Å². The second kappa shape index (κ2) is 6.10. The molecule has 0 aliphatic carbocycles. The summed E-state index contributed by atoms with van der Waals surface area (Å²) < 4.78 is 11.7. The van der Waals surface area contributed by atoms with E-state index in [-0.39, 0.29) is 0 Å². The lowest BCUT2D eigenvalue weighted by Gasteiger charge is -2.05. The molecular formula is C16H13BrN2O2. The zero-order valence-corrected chi connectivity index (χ0v) is 13.0. The minimum absolute atomic E-state index is 0.521. The maximum atomic E-state index is 5.33. The Morgan fingerprint density at radius 2 is 1.86 bits per heavy atom. The molecule has 0 N–H and O–H groups in total. The summed E-state index contributed by atoms with van der Waals surface area (Å²) in [5.74, 6) is 1.98. The van der Waals surface area contributed by atoms with Crippen molar-refractivity contribution in [3.63, 3.8) is 0 Å². The van der Waals surface area contributed by atoms with E-state index in [2.05, 4.69) is 26.1 Å². The fourth-order valence-corrected chi connectivity index (χ4v) is 2.32. The molecule has 0 saturated heterocycles. The Morgan fingerprint density at radius 3 is 2.62 bits per heavy atom. The van der Waals surface area contributed by atoms with Crippen LogP contribution in [-0.2, 0) is 6.42 Å². The van der Waals surface area contributed by atoms with E-state index >= 15 is 0 Å². The number of para-hydroxylation sites is 1. The molecule has 0 aliphatic rings. The molecule has 0 saturated carbocycles. The molecule has 0 amide bonds. The fourth-order valence-electron chi connectivity index (χ4n) is 2.05. The van der Waals surface area contributed by atoms with Crippen molar-refractivity contribution in [1.82, 2.24) is 10.1 Å². The number of methoxy groups -OCH3 is 1. The number of ether oxygens (including phenoxy) is 1. The molecular weight excluding hydrogens is 332 g/mol. The lowest BCUT2D eigenvalue weighted by Crippen LogP contribution is -1.95. The molecule has 1 aromatic heterocycles. The molecule has 0 atom stereocenters. The molecule has 0 radical (unpaired) electrons. The van der Waals surface area contributed by atoms with E-state index in [1.807, 2.05) is 48.5 Å². The van der Waals surface area contributed by atoms with E-state index in [1.54, 1.807) is 7.11 Å². The molecule has 106 valence electrons. The fraction of sp³-hybridized carbons (Fsp3) is 0.125. The maximum absolute atomic E-state index is 5.33. The Kier molecular flexibility index (Phi) is 4.01. The van der Waals surface area contributed by atoms with Gasteiger partial charge in [0.2, 0.25) is 0 Å². The molecule has 5 heteroatoms. The molecule has 2 aromatic carbocycles. The number of halogens is 1. The van der Waals surface area contributed by atoms with Crippen LogP contribution >= 0.6 is 15.9 Å². The topological polar surface area (TPSA) is 48.2 Å². The van der Waals surface area contributed by atoms with Gasteiger partial charge in [-0.25, -0.2) is 0 Å². The number of aromatic nitrogens is 2. The van der Waals surface area contributed by atoms with Crippen LogP contribution < -0.4 is 4.74 Å². The highest BCUT2D eigenvalue weighted by atomic mass is 79.9. The van der Waals surface area contributed by atoms with E-state index < -0.39 is 0 Å². The summed E-state index contributed by atoms with van der Waals surface area (Å²) in [7, 11) is 1.66. The van der Waals surface area contributed by atoms with Gasteiger partial charge in [-0.3, -0.25) is 0 Å². The van der Waals surface area contributed by atoms with Crippen LogP contribution in [0, 0.1) is 0 Å². The number of hydrogen-bond donors (Lipinski definition) is 0. The predicted molar refractivity (Wildman–Crippen MR) is 83.2 cm³/mol. The second-order valence-corrected chi connectivity index (χ2v) is 5.43. The van der Waals surface area contributed by atoms with Crippen molar-refractivity contribution in [3.05, 3.63) is 64.4 Å². The largest absolute Gasteiger partial charge is 0.496 e.